The smallest absolute Gasteiger partial charge is 0.407 e. The van der Waals surface area contributed by atoms with Crippen LogP contribution < -0.4 is 15.0 Å². The van der Waals surface area contributed by atoms with E-state index in [1.165, 1.54) is 0 Å². The van der Waals surface area contributed by atoms with Gasteiger partial charge in [-0.2, -0.15) is 9.97 Å². The van der Waals surface area contributed by atoms with E-state index in [1.807, 2.05) is 37.3 Å². The highest BCUT2D eigenvalue weighted by Gasteiger charge is 2.45. The molecule has 5 aliphatic rings. The number of amides is 1. The molecule has 2 aromatic heterocycles. The number of ether oxygens (including phenoxy) is 2. The number of carbonyl (C=O) groups is 1. The minimum Gasteiger partial charge on any atom is -0.461 e. The van der Waals surface area contributed by atoms with Crippen LogP contribution in [0.2, 0.25) is 0 Å². The van der Waals surface area contributed by atoms with E-state index in [1.54, 1.807) is 6.20 Å². The molecule has 0 spiro atoms. The normalized spacial score (nSPS) is 23.2. The van der Waals surface area contributed by atoms with Crippen molar-refractivity contribution in [1.29, 1.82) is 0 Å². The van der Waals surface area contributed by atoms with E-state index >= 15 is 4.39 Å². The van der Waals surface area contributed by atoms with Crippen LogP contribution in [0, 0.1) is 5.82 Å². The van der Waals surface area contributed by atoms with Crippen molar-refractivity contribution in [1.82, 2.24) is 25.2 Å². The average Bonchev–Trinajstić information content (AvgIpc) is 3.62. The average molecular weight is 611 g/mol. The van der Waals surface area contributed by atoms with E-state index in [-0.39, 0.29) is 29.4 Å². The molecule has 9 rings (SSSR count). The standard InChI is InChI=1S/C35H39FN6O3/c1-34-13-5-16-41(21-34)31-26-20-37-29(25-12-3-10-23-8-2-9-24(27(23)25)11-4-19-44-33(43)40-34)28(36)30(26)38-32(39-31)45-22-35-14-6-17-42(35)18-7-15-35/h2-3,8-10,12,20H,4-7,11,13-19,21-22H2,1H3,(H,40,43)/t34-/m1/s1. The second-order valence-corrected chi connectivity index (χ2v) is 13.5. The molecule has 0 radical (unpaired) electrons. The number of fused-ring (bicyclic) bond motifs is 7. The van der Waals surface area contributed by atoms with Crippen LogP contribution in [0.5, 0.6) is 6.01 Å². The zero-order chi connectivity index (χ0) is 30.6. The topological polar surface area (TPSA) is 92.7 Å². The second kappa shape index (κ2) is 11.1. The zero-order valence-electron chi connectivity index (χ0n) is 25.8. The van der Waals surface area contributed by atoms with Crippen LogP contribution in [0.1, 0.15) is 57.4 Å². The fourth-order valence-corrected chi connectivity index (χ4v) is 8.23. The number of alkyl carbamates (subject to hydrolysis) is 1. The number of carbonyl (C=O) groups excluding carboxylic acids is 1. The first-order valence-electron chi connectivity index (χ1n) is 16.4. The number of aryl methyl sites for hydroxylation is 1. The summed E-state index contributed by atoms with van der Waals surface area (Å²) in [6, 6.07) is 12.2. The lowest BCUT2D eigenvalue weighted by molar-refractivity contribution is 0.107. The fraction of sp³-hybridized carbons (Fsp3) is 0.486. The van der Waals surface area contributed by atoms with E-state index < -0.39 is 17.4 Å². The minimum atomic E-state index is -0.553. The van der Waals surface area contributed by atoms with E-state index in [0.29, 0.717) is 49.3 Å². The molecule has 1 N–H and O–H groups in total. The molecule has 0 unspecified atom stereocenters. The molecular formula is C35H39FN6O3. The molecule has 6 bridgehead atoms. The second-order valence-electron chi connectivity index (χ2n) is 13.5. The highest BCUT2D eigenvalue weighted by atomic mass is 19.1. The summed E-state index contributed by atoms with van der Waals surface area (Å²) in [4.78, 5) is 32.0. The molecule has 1 amide bonds. The molecule has 0 aliphatic carbocycles. The van der Waals surface area contributed by atoms with Crippen molar-refractivity contribution < 1.29 is 18.7 Å². The van der Waals surface area contributed by atoms with Crippen LogP contribution in [0.25, 0.3) is 32.9 Å². The lowest BCUT2D eigenvalue weighted by Crippen LogP contribution is -2.57. The van der Waals surface area contributed by atoms with Gasteiger partial charge in [-0.3, -0.25) is 9.88 Å². The third-order valence-corrected chi connectivity index (χ3v) is 10.4. The lowest BCUT2D eigenvalue weighted by atomic mass is 9.91. The molecule has 1 atom stereocenters. The van der Waals surface area contributed by atoms with Gasteiger partial charge in [-0.15, -0.1) is 0 Å². The SMILES string of the molecule is C[C@@]12CCCN(C1)c1nc(OCC34CCCN3CCC4)nc3c(F)c(ncc13)-c1cccc3cccc(c13)CCCOC(=O)N2. The molecule has 7 heterocycles. The Hall–Kier alpha value is -4.05. The summed E-state index contributed by atoms with van der Waals surface area (Å²) in [7, 11) is 0. The molecule has 234 valence electrons. The number of benzene rings is 2. The number of pyridine rings is 1. The number of aromatic nitrogens is 3. The summed E-state index contributed by atoms with van der Waals surface area (Å²) in [5, 5.41) is 5.59. The van der Waals surface area contributed by atoms with Crippen molar-refractivity contribution >= 4 is 33.6 Å². The largest absolute Gasteiger partial charge is 0.461 e. The number of piperidine rings is 1. The van der Waals surface area contributed by atoms with Gasteiger partial charge < -0.3 is 19.7 Å². The number of halogens is 1. The monoisotopic (exact) mass is 610 g/mol. The number of nitrogens with one attached hydrogen (secondary N) is 1. The van der Waals surface area contributed by atoms with Gasteiger partial charge in [0.05, 0.1) is 23.1 Å². The Morgan fingerprint density at radius 1 is 1.02 bits per heavy atom. The Morgan fingerprint density at radius 3 is 2.67 bits per heavy atom. The number of hydrogen-bond donors (Lipinski definition) is 1. The molecule has 10 heteroatoms. The fourth-order valence-electron chi connectivity index (χ4n) is 8.23. The van der Waals surface area contributed by atoms with E-state index in [4.69, 9.17) is 24.4 Å². The zero-order valence-corrected chi connectivity index (χ0v) is 25.8. The number of rotatable bonds is 3. The van der Waals surface area contributed by atoms with Crippen molar-refractivity contribution in [2.75, 3.05) is 44.3 Å². The van der Waals surface area contributed by atoms with Gasteiger partial charge in [0.15, 0.2) is 5.82 Å². The summed E-state index contributed by atoms with van der Waals surface area (Å²) in [6.07, 6.45) is 8.70. The van der Waals surface area contributed by atoms with Gasteiger partial charge in [0, 0.05) is 24.8 Å². The molecule has 2 aromatic carbocycles. The van der Waals surface area contributed by atoms with Gasteiger partial charge in [-0.05, 0) is 87.7 Å². The predicted octanol–water partition coefficient (Wildman–Crippen LogP) is 6.02. The van der Waals surface area contributed by atoms with Crippen molar-refractivity contribution in [3.8, 4) is 17.3 Å². The summed E-state index contributed by atoms with van der Waals surface area (Å²) in [5.74, 6) is 0.0923. The molecule has 3 fully saturated rings. The van der Waals surface area contributed by atoms with Gasteiger partial charge in [0.25, 0.3) is 0 Å². The maximum atomic E-state index is 16.9. The first kappa shape index (κ1) is 28.4. The third-order valence-electron chi connectivity index (χ3n) is 10.4. The Kier molecular flexibility index (Phi) is 7.00. The van der Waals surface area contributed by atoms with E-state index in [2.05, 4.69) is 21.2 Å². The van der Waals surface area contributed by atoms with Crippen molar-refractivity contribution in [2.45, 2.75) is 69.4 Å². The van der Waals surface area contributed by atoms with Crippen LogP contribution in [0.3, 0.4) is 0 Å². The molecular weight excluding hydrogens is 571 g/mol. The Bertz CT molecular complexity index is 1780. The molecule has 4 aromatic rings. The summed E-state index contributed by atoms with van der Waals surface area (Å²) in [6.45, 7) is 6.16. The first-order chi connectivity index (χ1) is 21.9. The van der Waals surface area contributed by atoms with Gasteiger partial charge in [0.2, 0.25) is 0 Å². The van der Waals surface area contributed by atoms with Crippen molar-refractivity contribution in [2.24, 2.45) is 0 Å². The lowest BCUT2D eigenvalue weighted by Gasteiger charge is -2.41. The Balaban J connectivity index is 1.29. The van der Waals surface area contributed by atoms with Gasteiger partial charge in [0.1, 0.15) is 23.6 Å². The summed E-state index contributed by atoms with van der Waals surface area (Å²) >= 11 is 0. The number of anilines is 1. The van der Waals surface area contributed by atoms with Crippen LogP contribution >= 0.6 is 0 Å². The molecule has 3 saturated heterocycles. The Labute approximate surface area is 262 Å². The number of hydrogen-bond acceptors (Lipinski definition) is 8. The molecule has 5 aliphatic heterocycles. The van der Waals surface area contributed by atoms with E-state index in [0.717, 1.165) is 68.0 Å². The van der Waals surface area contributed by atoms with Crippen LogP contribution in [-0.2, 0) is 11.2 Å². The summed E-state index contributed by atoms with van der Waals surface area (Å²) < 4.78 is 29.0. The van der Waals surface area contributed by atoms with Crippen molar-refractivity contribution in [3.05, 3.63) is 54.0 Å². The van der Waals surface area contributed by atoms with Gasteiger partial charge >= 0.3 is 12.1 Å². The van der Waals surface area contributed by atoms with Gasteiger partial charge in [-0.1, -0.05) is 36.4 Å². The van der Waals surface area contributed by atoms with Crippen LogP contribution in [0.4, 0.5) is 15.0 Å². The summed E-state index contributed by atoms with van der Waals surface area (Å²) in [5.41, 5.74) is 1.67. The van der Waals surface area contributed by atoms with Crippen LogP contribution in [0.15, 0.2) is 42.6 Å². The van der Waals surface area contributed by atoms with Crippen LogP contribution in [-0.4, -0.2) is 76.4 Å². The maximum absolute atomic E-state index is 16.9. The van der Waals surface area contributed by atoms with Gasteiger partial charge in [-0.25, -0.2) is 9.18 Å². The molecule has 0 saturated carbocycles. The highest BCUT2D eigenvalue weighted by molar-refractivity contribution is 6.00. The van der Waals surface area contributed by atoms with Crippen molar-refractivity contribution in [3.63, 3.8) is 0 Å². The molecule has 9 nitrogen and oxygen atoms in total. The predicted molar refractivity (Wildman–Crippen MR) is 171 cm³/mol. The third kappa shape index (κ3) is 5.03. The quantitative estimate of drug-likeness (QED) is 0.301. The van der Waals surface area contributed by atoms with E-state index in [9.17, 15) is 4.79 Å². The number of nitrogens with zero attached hydrogens (tertiary/aromatic N) is 5. The highest BCUT2D eigenvalue weighted by Crippen LogP contribution is 2.40. The Morgan fingerprint density at radius 2 is 1.82 bits per heavy atom. The molecule has 45 heavy (non-hydrogen) atoms. The maximum Gasteiger partial charge on any atom is 0.407 e. The first-order valence-corrected chi connectivity index (χ1v) is 16.4. The minimum absolute atomic E-state index is 0.0000316.